The second-order valence-corrected chi connectivity index (χ2v) is 6.65. The Hall–Kier alpha value is -1.12. The lowest BCUT2D eigenvalue weighted by Gasteiger charge is -2.28. The highest BCUT2D eigenvalue weighted by Crippen LogP contribution is 2.24. The number of nitrogen functional groups attached to an aromatic ring is 1. The predicted molar refractivity (Wildman–Crippen MR) is 70.9 cm³/mol. The van der Waals surface area contributed by atoms with Gasteiger partial charge in [0.15, 0.2) is 5.82 Å². The van der Waals surface area contributed by atoms with Crippen LogP contribution in [0.1, 0.15) is 31.4 Å². The second kappa shape index (κ2) is 5.10. The van der Waals surface area contributed by atoms with Crippen molar-refractivity contribution < 1.29 is 13.5 Å². The van der Waals surface area contributed by atoms with Gasteiger partial charge in [-0.1, -0.05) is 12.8 Å². The van der Waals surface area contributed by atoms with Crippen LogP contribution in [0, 0.1) is 6.92 Å². The highest BCUT2D eigenvalue weighted by atomic mass is 32.2. The van der Waals surface area contributed by atoms with Crippen LogP contribution in [-0.4, -0.2) is 35.5 Å². The lowest BCUT2D eigenvalue weighted by atomic mass is 9.93. The Bertz CT molecular complexity index is 567. The average molecular weight is 288 g/mol. The minimum absolute atomic E-state index is 0.00720. The third-order valence-corrected chi connectivity index (χ3v) is 5.26. The predicted octanol–water partition coefficient (Wildman–Crippen LogP) is -0.107. The molecule has 0 aliphatic heterocycles. The van der Waals surface area contributed by atoms with E-state index >= 15 is 0 Å². The topological polar surface area (TPSA) is 110 Å². The molecule has 1 heterocycles. The first-order valence-corrected chi connectivity index (χ1v) is 7.80. The van der Waals surface area contributed by atoms with Crippen LogP contribution in [0.2, 0.25) is 0 Å². The quantitative estimate of drug-likeness (QED) is 0.719. The number of aliphatic hydroxyl groups excluding tert-OH is 1. The highest BCUT2D eigenvalue weighted by Gasteiger charge is 2.31. The normalized spacial score (nSPS) is 24.6. The SMILES string of the molecule is Cc1c(S(=O)(=O)N[C@H]2CCCC[C@@H]2O)c(N)nn1C. The number of hydrogen-bond acceptors (Lipinski definition) is 5. The molecule has 1 aromatic heterocycles. The first-order valence-electron chi connectivity index (χ1n) is 6.32. The van der Waals surface area contributed by atoms with E-state index in [1.807, 2.05) is 0 Å². The summed E-state index contributed by atoms with van der Waals surface area (Å²) in [5.74, 6) is -0.0159. The van der Waals surface area contributed by atoms with Gasteiger partial charge in [-0.2, -0.15) is 5.10 Å². The highest BCUT2D eigenvalue weighted by molar-refractivity contribution is 7.89. The summed E-state index contributed by atoms with van der Waals surface area (Å²) in [7, 11) is -2.11. The van der Waals surface area contributed by atoms with E-state index in [9.17, 15) is 13.5 Å². The number of sulfonamides is 1. The van der Waals surface area contributed by atoms with E-state index in [1.165, 1.54) is 4.68 Å². The van der Waals surface area contributed by atoms with Gasteiger partial charge in [-0.05, 0) is 19.8 Å². The van der Waals surface area contributed by atoms with E-state index in [-0.39, 0.29) is 10.7 Å². The molecular formula is C11H20N4O3S. The van der Waals surface area contributed by atoms with E-state index in [0.29, 0.717) is 18.5 Å². The monoisotopic (exact) mass is 288 g/mol. The lowest BCUT2D eigenvalue weighted by Crippen LogP contribution is -2.45. The van der Waals surface area contributed by atoms with E-state index in [0.717, 1.165) is 12.8 Å². The van der Waals surface area contributed by atoms with Crippen molar-refractivity contribution in [3.8, 4) is 0 Å². The van der Waals surface area contributed by atoms with E-state index in [1.54, 1.807) is 14.0 Å². The van der Waals surface area contributed by atoms with Crippen LogP contribution in [0.5, 0.6) is 0 Å². The molecule has 4 N–H and O–H groups in total. The molecule has 1 aromatic rings. The number of nitrogens with two attached hydrogens (primary N) is 1. The number of anilines is 1. The first kappa shape index (κ1) is 14.3. The zero-order chi connectivity index (χ0) is 14.2. The molecule has 0 radical (unpaired) electrons. The van der Waals surface area contributed by atoms with Gasteiger partial charge in [-0.25, -0.2) is 13.1 Å². The molecule has 7 nitrogen and oxygen atoms in total. The average Bonchev–Trinajstić information content (AvgIpc) is 2.56. The Morgan fingerprint density at radius 3 is 2.58 bits per heavy atom. The summed E-state index contributed by atoms with van der Waals surface area (Å²) in [6.45, 7) is 1.65. The van der Waals surface area contributed by atoms with Crippen molar-refractivity contribution in [1.82, 2.24) is 14.5 Å². The molecule has 2 atom stereocenters. The number of rotatable bonds is 3. The number of hydrogen-bond donors (Lipinski definition) is 3. The maximum absolute atomic E-state index is 12.3. The number of aliphatic hydroxyl groups is 1. The van der Waals surface area contributed by atoms with Crippen molar-refractivity contribution in [2.45, 2.75) is 49.6 Å². The minimum atomic E-state index is -3.75. The molecule has 19 heavy (non-hydrogen) atoms. The Balaban J connectivity index is 2.27. The molecule has 108 valence electrons. The molecule has 1 saturated carbocycles. The molecule has 0 amide bonds. The summed E-state index contributed by atoms with van der Waals surface area (Å²) in [5, 5.41) is 13.7. The molecule has 0 bridgehead atoms. The van der Waals surface area contributed by atoms with Gasteiger partial charge in [0, 0.05) is 13.1 Å². The summed E-state index contributed by atoms with van der Waals surface area (Å²) >= 11 is 0. The van der Waals surface area contributed by atoms with Crippen LogP contribution in [0.15, 0.2) is 4.90 Å². The molecule has 8 heteroatoms. The molecule has 0 unspecified atom stereocenters. The Morgan fingerprint density at radius 2 is 2.05 bits per heavy atom. The number of nitrogens with zero attached hydrogens (tertiary/aromatic N) is 2. The van der Waals surface area contributed by atoms with Crippen LogP contribution < -0.4 is 10.5 Å². The van der Waals surface area contributed by atoms with Gasteiger partial charge in [0.25, 0.3) is 0 Å². The largest absolute Gasteiger partial charge is 0.391 e. The molecular weight excluding hydrogens is 268 g/mol. The van der Waals surface area contributed by atoms with Crippen LogP contribution in [0.25, 0.3) is 0 Å². The van der Waals surface area contributed by atoms with Gasteiger partial charge in [0.2, 0.25) is 10.0 Å². The third kappa shape index (κ3) is 2.75. The molecule has 0 saturated heterocycles. The summed E-state index contributed by atoms with van der Waals surface area (Å²) in [6, 6.07) is -0.447. The summed E-state index contributed by atoms with van der Waals surface area (Å²) < 4.78 is 28.7. The van der Waals surface area contributed by atoms with E-state index in [2.05, 4.69) is 9.82 Å². The van der Waals surface area contributed by atoms with Crippen molar-refractivity contribution in [2.75, 3.05) is 5.73 Å². The van der Waals surface area contributed by atoms with Gasteiger partial charge in [0.05, 0.1) is 11.8 Å². The summed E-state index contributed by atoms with van der Waals surface area (Å²) in [4.78, 5) is 0.00720. The minimum Gasteiger partial charge on any atom is -0.391 e. The molecule has 0 aromatic carbocycles. The van der Waals surface area contributed by atoms with Crippen molar-refractivity contribution in [2.24, 2.45) is 7.05 Å². The van der Waals surface area contributed by atoms with Crippen LogP contribution in [0.3, 0.4) is 0 Å². The fourth-order valence-electron chi connectivity index (χ4n) is 2.45. The van der Waals surface area contributed by atoms with Crippen molar-refractivity contribution in [3.63, 3.8) is 0 Å². The van der Waals surface area contributed by atoms with Gasteiger partial charge in [0.1, 0.15) is 4.90 Å². The molecule has 0 spiro atoms. The number of nitrogens with one attached hydrogen (secondary N) is 1. The second-order valence-electron chi connectivity index (χ2n) is 5.00. The first-order chi connectivity index (χ1) is 8.83. The number of aryl methyl sites for hydroxylation is 1. The third-order valence-electron chi connectivity index (χ3n) is 3.61. The molecule has 1 fully saturated rings. The maximum atomic E-state index is 12.3. The standard InChI is InChI=1S/C11H20N4O3S/c1-7-10(11(12)13-15(7)2)19(17,18)14-8-5-3-4-6-9(8)16/h8-9,14,16H,3-6H2,1-2H3,(H2,12,13)/t8-,9-/m0/s1. The van der Waals surface area contributed by atoms with Gasteiger partial charge in [-0.3, -0.25) is 4.68 Å². The summed E-state index contributed by atoms with van der Waals surface area (Å²) in [5.41, 5.74) is 6.14. The van der Waals surface area contributed by atoms with Crippen molar-refractivity contribution in [1.29, 1.82) is 0 Å². The smallest absolute Gasteiger partial charge is 0.246 e. The van der Waals surface area contributed by atoms with Crippen LogP contribution in [-0.2, 0) is 17.1 Å². The Labute approximate surface area is 112 Å². The van der Waals surface area contributed by atoms with Gasteiger partial charge < -0.3 is 10.8 Å². The Kier molecular flexibility index (Phi) is 3.84. The zero-order valence-corrected chi connectivity index (χ0v) is 11.9. The Morgan fingerprint density at radius 1 is 1.42 bits per heavy atom. The van der Waals surface area contributed by atoms with Crippen LogP contribution >= 0.6 is 0 Å². The maximum Gasteiger partial charge on any atom is 0.246 e. The van der Waals surface area contributed by atoms with Crippen molar-refractivity contribution in [3.05, 3.63) is 5.69 Å². The van der Waals surface area contributed by atoms with Crippen molar-refractivity contribution >= 4 is 15.8 Å². The molecule has 2 rings (SSSR count). The van der Waals surface area contributed by atoms with Crippen LogP contribution in [0.4, 0.5) is 5.82 Å². The van der Waals surface area contributed by atoms with Gasteiger partial charge >= 0.3 is 0 Å². The fraction of sp³-hybridized carbons (Fsp3) is 0.727. The summed E-state index contributed by atoms with van der Waals surface area (Å²) in [6.07, 6.45) is 2.45. The fourth-order valence-corrected chi connectivity index (χ4v) is 4.08. The zero-order valence-electron chi connectivity index (χ0n) is 11.1. The molecule has 1 aliphatic rings. The molecule has 1 aliphatic carbocycles. The number of aromatic nitrogens is 2. The lowest BCUT2D eigenvalue weighted by molar-refractivity contribution is 0.101. The van der Waals surface area contributed by atoms with Gasteiger partial charge in [-0.15, -0.1) is 0 Å². The van der Waals surface area contributed by atoms with E-state index in [4.69, 9.17) is 5.73 Å². The van der Waals surface area contributed by atoms with E-state index < -0.39 is 22.2 Å².